The highest BCUT2D eigenvalue weighted by Crippen LogP contribution is 2.32. The van der Waals surface area contributed by atoms with Gasteiger partial charge in [-0.1, -0.05) is 43.7 Å². The second-order valence-corrected chi connectivity index (χ2v) is 6.57. The molecule has 0 radical (unpaired) electrons. The highest BCUT2D eigenvalue weighted by Gasteiger charge is 2.25. The summed E-state index contributed by atoms with van der Waals surface area (Å²) in [4.78, 5) is 24.5. The number of fused-ring (bicyclic) bond motifs is 1. The third-order valence-electron chi connectivity index (χ3n) is 4.56. The molecule has 3 aromatic rings. The molecule has 0 amide bonds. The Hall–Kier alpha value is -3.08. The number of ether oxygens (including phenoxy) is 2. The number of hydrogen-bond acceptors (Lipinski definition) is 5. The predicted octanol–water partition coefficient (Wildman–Crippen LogP) is 4.74. The van der Waals surface area contributed by atoms with Gasteiger partial charge in [-0.05, 0) is 38.0 Å². The Kier molecular flexibility index (Phi) is 6.14. The van der Waals surface area contributed by atoms with Crippen LogP contribution in [0.4, 0.5) is 0 Å². The van der Waals surface area contributed by atoms with Crippen LogP contribution in [0.5, 0.6) is 5.75 Å². The van der Waals surface area contributed by atoms with Gasteiger partial charge >= 0.3 is 11.6 Å². The summed E-state index contributed by atoms with van der Waals surface area (Å²) in [5, 5.41) is 0.888. The molecule has 146 valence electrons. The molecule has 1 atom stereocenters. The molecule has 0 saturated heterocycles. The third-order valence-corrected chi connectivity index (χ3v) is 4.56. The van der Waals surface area contributed by atoms with Crippen molar-refractivity contribution in [1.29, 1.82) is 0 Å². The average molecular weight is 380 g/mol. The van der Waals surface area contributed by atoms with Gasteiger partial charge in [0.05, 0.1) is 6.61 Å². The number of benzene rings is 2. The topological polar surface area (TPSA) is 65.7 Å². The van der Waals surface area contributed by atoms with Crippen LogP contribution in [-0.4, -0.2) is 12.6 Å². The zero-order chi connectivity index (χ0) is 20.1. The zero-order valence-electron chi connectivity index (χ0n) is 16.4. The van der Waals surface area contributed by atoms with E-state index in [1.165, 1.54) is 6.07 Å². The van der Waals surface area contributed by atoms with Crippen LogP contribution in [0.3, 0.4) is 0 Å². The Labute approximate surface area is 163 Å². The fourth-order valence-electron chi connectivity index (χ4n) is 3.24. The van der Waals surface area contributed by atoms with Gasteiger partial charge in [0.2, 0.25) is 6.10 Å². The average Bonchev–Trinajstić information content (AvgIpc) is 2.69. The minimum atomic E-state index is -0.900. The van der Waals surface area contributed by atoms with E-state index in [4.69, 9.17) is 13.9 Å². The second-order valence-electron chi connectivity index (χ2n) is 6.57. The lowest BCUT2D eigenvalue weighted by Crippen LogP contribution is -2.21. The molecule has 0 unspecified atom stereocenters. The summed E-state index contributed by atoms with van der Waals surface area (Å²) < 4.78 is 16.7. The van der Waals surface area contributed by atoms with Crippen molar-refractivity contribution in [2.75, 3.05) is 6.61 Å². The van der Waals surface area contributed by atoms with Gasteiger partial charge in [-0.3, -0.25) is 0 Å². The Morgan fingerprint density at radius 2 is 1.86 bits per heavy atom. The molecule has 2 aromatic carbocycles. The van der Waals surface area contributed by atoms with Crippen molar-refractivity contribution in [3.63, 3.8) is 0 Å². The molecule has 0 fully saturated rings. The zero-order valence-corrected chi connectivity index (χ0v) is 16.4. The lowest BCUT2D eigenvalue weighted by molar-refractivity contribution is -0.151. The van der Waals surface area contributed by atoms with E-state index in [1.807, 2.05) is 49.4 Å². The fraction of sp³-hybridized carbons (Fsp3) is 0.304. The molecule has 0 N–H and O–H groups in total. The van der Waals surface area contributed by atoms with Gasteiger partial charge in [-0.2, -0.15) is 0 Å². The molecule has 0 saturated carbocycles. The Morgan fingerprint density at radius 3 is 2.54 bits per heavy atom. The SMILES string of the molecule is CCCc1cc(=O)oc2c(C)c(O[C@@H](C(=O)OCC)c3ccccc3)ccc12. The summed E-state index contributed by atoms with van der Waals surface area (Å²) in [5.41, 5.74) is 2.43. The van der Waals surface area contributed by atoms with E-state index in [2.05, 4.69) is 6.92 Å². The summed E-state index contributed by atoms with van der Waals surface area (Å²) in [6.07, 6.45) is 0.814. The Bertz CT molecular complexity index is 1020. The van der Waals surface area contributed by atoms with Crippen molar-refractivity contribution in [2.45, 2.75) is 39.7 Å². The van der Waals surface area contributed by atoms with E-state index in [0.717, 1.165) is 23.8 Å². The maximum Gasteiger partial charge on any atom is 0.352 e. The maximum absolute atomic E-state index is 12.5. The lowest BCUT2D eigenvalue weighted by Gasteiger charge is -2.20. The van der Waals surface area contributed by atoms with Crippen molar-refractivity contribution in [2.24, 2.45) is 0 Å². The molecular formula is C23H24O5. The van der Waals surface area contributed by atoms with Crippen LogP contribution in [0.1, 0.15) is 43.1 Å². The van der Waals surface area contributed by atoms with E-state index >= 15 is 0 Å². The van der Waals surface area contributed by atoms with Gasteiger partial charge < -0.3 is 13.9 Å². The highest BCUT2D eigenvalue weighted by molar-refractivity contribution is 5.85. The summed E-state index contributed by atoms with van der Waals surface area (Å²) in [6.45, 7) is 5.90. The predicted molar refractivity (Wildman–Crippen MR) is 108 cm³/mol. The second kappa shape index (κ2) is 8.74. The smallest absolute Gasteiger partial charge is 0.352 e. The summed E-state index contributed by atoms with van der Waals surface area (Å²) >= 11 is 0. The molecule has 5 heteroatoms. The van der Waals surface area contributed by atoms with Crippen LogP contribution in [0.2, 0.25) is 0 Å². The van der Waals surface area contributed by atoms with Crippen molar-refractivity contribution >= 4 is 16.9 Å². The van der Waals surface area contributed by atoms with Crippen LogP contribution >= 0.6 is 0 Å². The quantitative estimate of drug-likeness (QED) is 0.438. The van der Waals surface area contributed by atoms with Gasteiger partial charge in [0.15, 0.2) is 0 Å². The Morgan fingerprint density at radius 1 is 1.11 bits per heavy atom. The van der Waals surface area contributed by atoms with E-state index in [1.54, 1.807) is 6.92 Å². The molecule has 3 rings (SSSR count). The molecule has 0 spiro atoms. The van der Waals surface area contributed by atoms with Crippen molar-refractivity contribution in [3.05, 3.63) is 75.6 Å². The molecule has 0 aliphatic rings. The molecule has 28 heavy (non-hydrogen) atoms. The van der Waals surface area contributed by atoms with Gasteiger partial charge in [-0.15, -0.1) is 0 Å². The molecule has 5 nitrogen and oxygen atoms in total. The molecule has 0 aliphatic heterocycles. The molecule has 0 aliphatic carbocycles. The number of carbonyl (C=O) groups excluding carboxylic acids is 1. The van der Waals surface area contributed by atoms with E-state index < -0.39 is 12.1 Å². The number of carbonyl (C=O) groups is 1. The first kappa shape index (κ1) is 19.7. The van der Waals surface area contributed by atoms with Gasteiger partial charge in [0, 0.05) is 22.6 Å². The Balaban J connectivity index is 2.05. The first-order chi connectivity index (χ1) is 13.5. The molecular weight excluding hydrogens is 356 g/mol. The number of aryl methyl sites for hydroxylation is 2. The normalized spacial score (nSPS) is 12.0. The van der Waals surface area contributed by atoms with Crippen molar-refractivity contribution in [3.8, 4) is 5.75 Å². The maximum atomic E-state index is 12.5. The summed E-state index contributed by atoms with van der Waals surface area (Å²) in [7, 11) is 0. The summed E-state index contributed by atoms with van der Waals surface area (Å²) in [5.74, 6) is 0.0144. The van der Waals surface area contributed by atoms with Gasteiger partial charge in [-0.25, -0.2) is 9.59 Å². The van der Waals surface area contributed by atoms with E-state index in [-0.39, 0.29) is 12.2 Å². The molecule has 1 heterocycles. The number of esters is 1. The van der Waals surface area contributed by atoms with Gasteiger partial charge in [0.1, 0.15) is 11.3 Å². The number of rotatable bonds is 7. The van der Waals surface area contributed by atoms with Crippen LogP contribution in [0.25, 0.3) is 11.0 Å². The van der Waals surface area contributed by atoms with Crippen LogP contribution in [0, 0.1) is 6.92 Å². The van der Waals surface area contributed by atoms with Gasteiger partial charge in [0.25, 0.3) is 0 Å². The standard InChI is InChI=1S/C23H24O5/c1-4-9-17-14-20(24)28-21-15(3)19(13-12-18(17)21)27-22(23(25)26-5-2)16-10-7-6-8-11-16/h6-8,10-14,22H,4-5,9H2,1-3H3/t22-/m1/s1. The number of hydrogen-bond donors (Lipinski definition) is 0. The monoisotopic (exact) mass is 380 g/mol. The minimum absolute atomic E-state index is 0.261. The highest BCUT2D eigenvalue weighted by atomic mass is 16.6. The van der Waals surface area contributed by atoms with Crippen LogP contribution in [0.15, 0.2) is 57.7 Å². The van der Waals surface area contributed by atoms with E-state index in [0.29, 0.717) is 22.5 Å². The largest absolute Gasteiger partial charge is 0.474 e. The van der Waals surface area contributed by atoms with Crippen LogP contribution < -0.4 is 10.4 Å². The molecule has 1 aromatic heterocycles. The van der Waals surface area contributed by atoms with Crippen molar-refractivity contribution < 1.29 is 18.7 Å². The van der Waals surface area contributed by atoms with E-state index in [9.17, 15) is 9.59 Å². The fourth-order valence-corrected chi connectivity index (χ4v) is 3.24. The first-order valence-corrected chi connectivity index (χ1v) is 9.49. The lowest BCUT2D eigenvalue weighted by atomic mass is 10.0. The van der Waals surface area contributed by atoms with Crippen molar-refractivity contribution in [1.82, 2.24) is 0 Å². The summed E-state index contributed by atoms with van der Waals surface area (Å²) in [6, 6.07) is 14.4. The minimum Gasteiger partial charge on any atom is -0.474 e. The first-order valence-electron chi connectivity index (χ1n) is 9.49. The van der Waals surface area contributed by atoms with Crippen LogP contribution in [-0.2, 0) is 16.0 Å². The molecule has 0 bridgehead atoms. The third kappa shape index (κ3) is 4.09.